The molecule has 2 rings (SSSR count). The van der Waals surface area contributed by atoms with Crippen LogP contribution in [0.4, 0.5) is 0 Å². The number of nitriles is 1. The van der Waals surface area contributed by atoms with Crippen LogP contribution in [0.2, 0.25) is 0 Å². The number of hydrogen-bond donors (Lipinski definition) is 0. The lowest BCUT2D eigenvalue weighted by Crippen LogP contribution is -2.08. The Morgan fingerprint density at radius 3 is 2.39 bits per heavy atom. The van der Waals surface area contributed by atoms with E-state index in [-0.39, 0.29) is 0 Å². The number of carbonyl (C=O) groups is 1. The van der Waals surface area contributed by atoms with Crippen LogP contribution in [-0.2, 0) is 0 Å². The quantitative estimate of drug-likeness (QED) is 0.630. The number of ether oxygens (including phenoxy) is 1. The molecule has 0 spiro atoms. The van der Waals surface area contributed by atoms with E-state index in [4.69, 9.17) is 10.00 Å². The highest BCUT2D eigenvalue weighted by Gasteiger charge is 2.10. The standard InChI is InChI=1S/C14H8BrNO2/c15-12-3-1-2-4-13(12)18-14(17)11-7-5-10(9-16)6-8-11/h1-8H. The molecule has 0 bridgehead atoms. The summed E-state index contributed by atoms with van der Waals surface area (Å²) in [5.74, 6) is 0.0123. The number of esters is 1. The van der Waals surface area contributed by atoms with Gasteiger partial charge in [-0.25, -0.2) is 4.79 Å². The van der Waals surface area contributed by atoms with Gasteiger partial charge in [-0.2, -0.15) is 5.26 Å². The zero-order valence-electron chi connectivity index (χ0n) is 9.26. The molecule has 0 aromatic heterocycles. The van der Waals surface area contributed by atoms with Gasteiger partial charge >= 0.3 is 5.97 Å². The summed E-state index contributed by atoms with van der Waals surface area (Å²) in [6.45, 7) is 0. The summed E-state index contributed by atoms with van der Waals surface area (Å²) < 4.78 is 5.95. The maximum absolute atomic E-state index is 11.8. The predicted molar refractivity (Wildman–Crippen MR) is 70.3 cm³/mol. The Morgan fingerprint density at radius 2 is 1.78 bits per heavy atom. The molecule has 0 unspecified atom stereocenters. The zero-order valence-corrected chi connectivity index (χ0v) is 10.8. The Bertz CT molecular complexity index is 614. The highest BCUT2D eigenvalue weighted by molar-refractivity contribution is 9.10. The first-order valence-electron chi connectivity index (χ1n) is 5.17. The van der Waals surface area contributed by atoms with Gasteiger partial charge in [0.25, 0.3) is 0 Å². The van der Waals surface area contributed by atoms with Gasteiger partial charge in [0.2, 0.25) is 0 Å². The second-order valence-electron chi connectivity index (χ2n) is 3.51. The number of carbonyl (C=O) groups excluding carboxylic acids is 1. The van der Waals surface area contributed by atoms with Crippen LogP contribution in [0, 0.1) is 11.3 Å². The van der Waals surface area contributed by atoms with E-state index in [9.17, 15) is 4.79 Å². The first-order valence-corrected chi connectivity index (χ1v) is 5.97. The summed E-state index contributed by atoms with van der Waals surface area (Å²) in [5.41, 5.74) is 0.914. The third-order valence-corrected chi connectivity index (χ3v) is 2.94. The summed E-state index contributed by atoms with van der Waals surface area (Å²) in [6.07, 6.45) is 0. The topological polar surface area (TPSA) is 50.1 Å². The third-order valence-electron chi connectivity index (χ3n) is 2.29. The van der Waals surface area contributed by atoms with Crippen molar-refractivity contribution >= 4 is 21.9 Å². The Labute approximate surface area is 113 Å². The first-order chi connectivity index (χ1) is 8.70. The summed E-state index contributed by atoms with van der Waals surface area (Å²) in [4.78, 5) is 11.8. The smallest absolute Gasteiger partial charge is 0.343 e. The number of hydrogen-bond acceptors (Lipinski definition) is 3. The van der Waals surface area contributed by atoms with E-state index in [1.807, 2.05) is 12.1 Å². The van der Waals surface area contributed by atoms with E-state index in [1.165, 1.54) is 0 Å². The number of nitrogens with zero attached hydrogens (tertiary/aromatic N) is 1. The zero-order chi connectivity index (χ0) is 13.0. The van der Waals surface area contributed by atoms with Gasteiger partial charge in [-0.05, 0) is 52.3 Å². The molecule has 0 aliphatic carbocycles. The van der Waals surface area contributed by atoms with Crippen molar-refractivity contribution in [3.63, 3.8) is 0 Å². The normalized spacial score (nSPS) is 9.56. The minimum absolute atomic E-state index is 0.407. The van der Waals surface area contributed by atoms with Gasteiger partial charge in [-0.3, -0.25) is 0 Å². The van der Waals surface area contributed by atoms with Crippen molar-refractivity contribution in [2.24, 2.45) is 0 Å². The van der Waals surface area contributed by atoms with Crippen molar-refractivity contribution < 1.29 is 9.53 Å². The van der Waals surface area contributed by atoms with Crippen molar-refractivity contribution in [1.82, 2.24) is 0 Å². The Balaban J connectivity index is 2.17. The Kier molecular flexibility index (Phi) is 3.75. The molecule has 0 N–H and O–H groups in total. The van der Waals surface area contributed by atoms with E-state index in [0.717, 1.165) is 0 Å². The van der Waals surface area contributed by atoms with Crippen LogP contribution in [-0.4, -0.2) is 5.97 Å². The lowest BCUT2D eigenvalue weighted by Gasteiger charge is -2.05. The van der Waals surface area contributed by atoms with Crippen LogP contribution in [0.25, 0.3) is 0 Å². The molecule has 0 atom stereocenters. The monoisotopic (exact) mass is 301 g/mol. The molecule has 18 heavy (non-hydrogen) atoms. The summed E-state index contributed by atoms with van der Waals surface area (Å²) in [7, 11) is 0. The van der Waals surface area contributed by atoms with Gasteiger partial charge in [0.05, 0.1) is 21.7 Å². The first kappa shape index (κ1) is 12.3. The molecule has 0 amide bonds. The van der Waals surface area contributed by atoms with Crippen LogP contribution in [0.1, 0.15) is 15.9 Å². The van der Waals surface area contributed by atoms with E-state index in [1.54, 1.807) is 42.5 Å². The van der Waals surface area contributed by atoms with Gasteiger partial charge in [-0.15, -0.1) is 0 Å². The van der Waals surface area contributed by atoms with E-state index >= 15 is 0 Å². The molecular weight excluding hydrogens is 294 g/mol. The molecule has 0 heterocycles. The predicted octanol–water partition coefficient (Wildman–Crippen LogP) is 3.54. The Hall–Kier alpha value is -2.12. The lowest BCUT2D eigenvalue weighted by molar-refractivity contribution is 0.0733. The second-order valence-corrected chi connectivity index (χ2v) is 4.36. The number of benzene rings is 2. The van der Waals surface area contributed by atoms with Gasteiger partial charge in [0, 0.05) is 0 Å². The number of rotatable bonds is 2. The van der Waals surface area contributed by atoms with Gasteiger partial charge in [0.1, 0.15) is 5.75 Å². The van der Waals surface area contributed by atoms with E-state index in [0.29, 0.717) is 21.3 Å². The highest BCUT2D eigenvalue weighted by atomic mass is 79.9. The largest absolute Gasteiger partial charge is 0.422 e. The van der Waals surface area contributed by atoms with Gasteiger partial charge in [-0.1, -0.05) is 12.1 Å². The summed E-state index contributed by atoms with van der Waals surface area (Å²) in [5, 5.41) is 8.67. The maximum atomic E-state index is 11.8. The fourth-order valence-electron chi connectivity index (χ4n) is 1.37. The van der Waals surface area contributed by atoms with Crippen LogP contribution in [0.3, 0.4) is 0 Å². The van der Waals surface area contributed by atoms with Gasteiger partial charge < -0.3 is 4.74 Å². The van der Waals surface area contributed by atoms with Crippen molar-refractivity contribution in [1.29, 1.82) is 5.26 Å². The molecule has 4 heteroatoms. The molecule has 0 fully saturated rings. The fraction of sp³-hybridized carbons (Fsp3) is 0. The minimum Gasteiger partial charge on any atom is -0.422 e. The summed E-state index contributed by atoms with van der Waals surface area (Å²) >= 11 is 3.30. The average molecular weight is 302 g/mol. The molecule has 0 aliphatic rings. The third kappa shape index (κ3) is 2.76. The highest BCUT2D eigenvalue weighted by Crippen LogP contribution is 2.24. The Morgan fingerprint density at radius 1 is 1.11 bits per heavy atom. The molecule has 0 aliphatic heterocycles. The summed E-state index contributed by atoms with van der Waals surface area (Å²) in [6, 6.07) is 15.4. The average Bonchev–Trinajstić information content (AvgIpc) is 2.41. The van der Waals surface area contributed by atoms with Crippen molar-refractivity contribution in [2.45, 2.75) is 0 Å². The molecule has 88 valence electrons. The minimum atomic E-state index is -0.452. The van der Waals surface area contributed by atoms with Crippen LogP contribution < -0.4 is 4.74 Å². The molecule has 0 saturated carbocycles. The SMILES string of the molecule is N#Cc1ccc(C(=O)Oc2ccccc2Br)cc1. The molecule has 0 saturated heterocycles. The lowest BCUT2D eigenvalue weighted by atomic mass is 10.1. The molecule has 3 nitrogen and oxygen atoms in total. The van der Waals surface area contributed by atoms with Gasteiger partial charge in [0.15, 0.2) is 0 Å². The fourth-order valence-corrected chi connectivity index (χ4v) is 1.73. The van der Waals surface area contributed by atoms with E-state index in [2.05, 4.69) is 15.9 Å². The van der Waals surface area contributed by atoms with Crippen LogP contribution >= 0.6 is 15.9 Å². The van der Waals surface area contributed by atoms with E-state index < -0.39 is 5.97 Å². The van der Waals surface area contributed by atoms with Crippen LogP contribution in [0.15, 0.2) is 53.0 Å². The maximum Gasteiger partial charge on any atom is 0.343 e. The molecule has 0 radical (unpaired) electrons. The number of para-hydroxylation sites is 1. The van der Waals surface area contributed by atoms with Crippen molar-refractivity contribution in [2.75, 3.05) is 0 Å². The van der Waals surface area contributed by atoms with Crippen molar-refractivity contribution in [3.05, 3.63) is 64.1 Å². The second kappa shape index (κ2) is 5.48. The van der Waals surface area contributed by atoms with Crippen molar-refractivity contribution in [3.8, 4) is 11.8 Å². The molecular formula is C14H8BrNO2. The van der Waals surface area contributed by atoms with Crippen LogP contribution in [0.5, 0.6) is 5.75 Å². The number of halogens is 1. The molecule has 2 aromatic carbocycles. The molecule has 2 aromatic rings.